The molecular formula is C47H68N10O7. The number of aryl methyl sites for hydroxylation is 2. The van der Waals surface area contributed by atoms with Gasteiger partial charge in [0.05, 0.1) is 24.2 Å². The quantitative estimate of drug-likeness (QED) is 0.109. The van der Waals surface area contributed by atoms with Crippen LogP contribution in [0.15, 0.2) is 48.5 Å². The molecule has 348 valence electrons. The van der Waals surface area contributed by atoms with E-state index in [1.807, 2.05) is 36.4 Å². The summed E-state index contributed by atoms with van der Waals surface area (Å²) in [5.41, 5.74) is 4.64. The lowest BCUT2D eigenvalue weighted by molar-refractivity contribution is -0.142. The van der Waals surface area contributed by atoms with E-state index in [1.165, 1.54) is 11.1 Å². The van der Waals surface area contributed by atoms with E-state index in [-0.39, 0.29) is 49.8 Å². The highest BCUT2D eigenvalue weighted by atomic mass is 16.2. The van der Waals surface area contributed by atoms with Gasteiger partial charge >= 0.3 is 6.03 Å². The number of nitrogens with one attached hydrogen (secondary N) is 8. The minimum Gasteiger partial charge on any atom is -0.347 e. The van der Waals surface area contributed by atoms with Crippen LogP contribution in [0.5, 0.6) is 0 Å². The molecule has 2 heterocycles. The second-order valence-corrected chi connectivity index (χ2v) is 17.6. The summed E-state index contributed by atoms with van der Waals surface area (Å²) in [6.45, 7) is 4.09. The molecule has 6 rings (SSSR count). The fraction of sp³-hybridized carbons (Fsp3) is 0.596. The molecule has 0 saturated carbocycles. The molecule has 2 aliphatic heterocycles. The number of carbonyl (C=O) groups excluding carboxylic acids is 7. The van der Waals surface area contributed by atoms with Crippen molar-refractivity contribution in [1.29, 1.82) is 0 Å². The number of nitrogens with zero attached hydrogens (tertiary/aromatic N) is 2. The lowest BCUT2D eigenvalue weighted by atomic mass is 9.87. The number of urea groups is 1. The van der Waals surface area contributed by atoms with Crippen molar-refractivity contribution >= 4 is 41.5 Å². The number of benzene rings is 2. The van der Waals surface area contributed by atoms with Crippen LogP contribution in [0.1, 0.15) is 112 Å². The zero-order chi connectivity index (χ0) is 45.8. The van der Waals surface area contributed by atoms with Gasteiger partial charge < -0.3 is 52.3 Å². The van der Waals surface area contributed by atoms with E-state index >= 15 is 0 Å². The molecular weight excluding hydrogens is 817 g/mol. The molecule has 1 unspecified atom stereocenters. The number of rotatable bonds is 18. The molecule has 2 aromatic rings. The normalized spacial score (nSPS) is 22.1. The van der Waals surface area contributed by atoms with Gasteiger partial charge in [-0.15, -0.1) is 0 Å². The highest BCUT2D eigenvalue weighted by Crippen LogP contribution is 2.32. The SMILES string of the molecule is CN[C@@H](C)C(=O)N[C@@H](CCNC(=O)NCC[C@H](NC(=O)[C@H](C)NC)C(=O)N1CCC[C@H]1C(=O)N[C@@H]1CCCc2ccccc21)C(=O)N1CCC[C@H]1C(=O)NC1CCCc2ccccc21. The van der Waals surface area contributed by atoms with E-state index in [9.17, 15) is 33.6 Å². The molecule has 2 fully saturated rings. The fourth-order valence-corrected chi connectivity index (χ4v) is 9.44. The zero-order valence-corrected chi connectivity index (χ0v) is 37.8. The van der Waals surface area contributed by atoms with Crippen LogP contribution >= 0.6 is 0 Å². The lowest BCUT2D eigenvalue weighted by Gasteiger charge is -2.32. The predicted molar refractivity (Wildman–Crippen MR) is 242 cm³/mol. The molecule has 2 aliphatic carbocycles. The van der Waals surface area contributed by atoms with Crippen molar-refractivity contribution in [1.82, 2.24) is 52.3 Å². The molecule has 0 spiro atoms. The van der Waals surface area contributed by atoms with Crippen LogP contribution in [0.3, 0.4) is 0 Å². The van der Waals surface area contributed by atoms with Gasteiger partial charge in [-0.25, -0.2) is 4.79 Å². The van der Waals surface area contributed by atoms with Crippen LogP contribution in [0.25, 0.3) is 0 Å². The van der Waals surface area contributed by atoms with Crippen LogP contribution in [0.4, 0.5) is 4.79 Å². The fourth-order valence-electron chi connectivity index (χ4n) is 9.44. The number of fused-ring (bicyclic) bond motifs is 2. The van der Waals surface area contributed by atoms with E-state index < -0.39 is 65.9 Å². The second kappa shape index (κ2) is 22.9. The van der Waals surface area contributed by atoms with Gasteiger partial charge in [-0.05, 0) is 127 Å². The van der Waals surface area contributed by atoms with E-state index in [2.05, 4.69) is 54.7 Å². The van der Waals surface area contributed by atoms with Gasteiger partial charge in [-0.2, -0.15) is 0 Å². The summed E-state index contributed by atoms with van der Waals surface area (Å²) < 4.78 is 0. The third-order valence-electron chi connectivity index (χ3n) is 13.4. The Morgan fingerprint density at radius 2 is 0.984 bits per heavy atom. The Bertz CT molecular complexity index is 1860. The summed E-state index contributed by atoms with van der Waals surface area (Å²) in [6, 6.07) is 10.7. The Morgan fingerprint density at radius 1 is 0.578 bits per heavy atom. The molecule has 0 radical (unpaired) electrons. The Balaban J connectivity index is 1.04. The van der Waals surface area contributed by atoms with E-state index in [0.29, 0.717) is 38.8 Å². The minimum absolute atomic E-state index is 0.00876. The van der Waals surface area contributed by atoms with Crippen molar-refractivity contribution in [2.24, 2.45) is 0 Å². The van der Waals surface area contributed by atoms with E-state index in [1.54, 1.807) is 37.7 Å². The number of likely N-dealkylation sites (N-methyl/N-ethyl adjacent to an activating group) is 2. The zero-order valence-electron chi connectivity index (χ0n) is 37.8. The average Bonchev–Trinajstić information content (AvgIpc) is 4.02. The smallest absolute Gasteiger partial charge is 0.314 e. The van der Waals surface area contributed by atoms with Crippen LogP contribution < -0.4 is 42.5 Å². The van der Waals surface area contributed by atoms with Crippen molar-refractivity contribution in [3.8, 4) is 0 Å². The Hall–Kier alpha value is -5.55. The summed E-state index contributed by atoms with van der Waals surface area (Å²) in [5, 5.41) is 23.3. The van der Waals surface area contributed by atoms with Gasteiger partial charge in [0.15, 0.2) is 0 Å². The van der Waals surface area contributed by atoms with Crippen molar-refractivity contribution in [2.75, 3.05) is 40.3 Å². The van der Waals surface area contributed by atoms with Crippen LogP contribution in [-0.4, -0.2) is 128 Å². The monoisotopic (exact) mass is 885 g/mol. The molecule has 8 N–H and O–H groups in total. The summed E-state index contributed by atoms with van der Waals surface area (Å²) in [4.78, 5) is 98.1. The molecule has 4 aliphatic rings. The van der Waals surface area contributed by atoms with Gasteiger partial charge in [0.2, 0.25) is 35.4 Å². The third kappa shape index (κ3) is 12.0. The molecule has 8 amide bonds. The maximum absolute atomic E-state index is 14.1. The third-order valence-corrected chi connectivity index (χ3v) is 13.4. The summed E-state index contributed by atoms with van der Waals surface area (Å²) >= 11 is 0. The first-order chi connectivity index (χ1) is 30.9. The first-order valence-electron chi connectivity index (χ1n) is 23.2. The summed E-state index contributed by atoms with van der Waals surface area (Å²) in [5.74, 6) is -2.03. The minimum atomic E-state index is -1.02. The number of hydrogen-bond donors (Lipinski definition) is 8. The van der Waals surface area contributed by atoms with Crippen LogP contribution in [0.2, 0.25) is 0 Å². The van der Waals surface area contributed by atoms with E-state index in [4.69, 9.17) is 0 Å². The van der Waals surface area contributed by atoms with Gasteiger partial charge in [0.25, 0.3) is 0 Å². The highest BCUT2D eigenvalue weighted by molar-refractivity contribution is 5.95. The van der Waals surface area contributed by atoms with Crippen molar-refractivity contribution < 1.29 is 33.6 Å². The molecule has 0 bridgehead atoms. The van der Waals surface area contributed by atoms with Crippen molar-refractivity contribution in [3.05, 3.63) is 70.8 Å². The molecule has 17 heteroatoms. The molecule has 2 saturated heterocycles. The lowest BCUT2D eigenvalue weighted by Crippen LogP contribution is -2.57. The molecule has 17 nitrogen and oxygen atoms in total. The number of hydrogen-bond acceptors (Lipinski definition) is 9. The molecule has 2 aromatic carbocycles. The molecule has 8 atom stereocenters. The maximum atomic E-state index is 14.1. The van der Waals surface area contributed by atoms with E-state index in [0.717, 1.165) is 49.7 Å². The van der Waals surface area contributed by atoms with Crippen molar-refractivity contribution in [2.45, 2.75) is 139 Å². The van der Waals surface area contributed by atoms with Gasteiger partial charge in [-0.1, -0.05) is 48.5 Å². The van der Waals surface area contributed by atoms with Crippen LogP contribution in [0, 0.1) is 0 Å². The predicted octanol–water partition coefficient (Wildman–Crippen LogP) is 1.62. The Kier molecular flexibility index (Phi) is 17.1. The first kappa shape index (κ1) is 47.9. The molecule has 0 aromatic heterocycles. The maximum Gasteiger partial charge on any atom is 0.314 e. The number of carbonyl (C=O) groups is 7. The molecule has 64 heavy (non-hydrogen) atoms. The largest absolute Gasteiger partial charge is 0.347 e. The van der Waals surface area contributed by atoms with Crippen molar-refractivity contribution in [3.63, 3.8) is 0 Å². The summed E-state index contributed by atoms with van der Waals surface area (Å²) in [6.07, 6.45) is 7.83. The Labute approximate surface area is 376 Å². The topological polar surface area (TPSA) is 222 Å². The average molecular weight is 885 g/mol. The van der Waals surface area contributed by atoms with Crippen LogP contribution in [-0.2, 0) is 41.6 Å². The highest BCUT2D eigenvalue weighted by Gasteiger charge is 2.41. The number of likely N-dealkylation sites (tertiary alicyclic amines) is 2. The summed E-state index contributed by atoms with van der Waals surface area (Å²) in [7, 11) is 3.28. The second-order valence-electron chi connectivity index (χ2n) is 17.6. The first-order valence-corrected chi connectivity index (χ1v) is 23.2. The van der Waals surface area contributed by atoms with Gasteiger partial charge in [0, 0.05) is 26.2 Å². The van der Waals surface area contributed by atoms with Gasteiger partial charge in [-0.3, -0.25) is 28.8 Å². The number of amides is 8. The Morgan fingerprint density at radius 3 is 1.39 bits per heavy atom. The standard InChI is InChI=1S/C47H68N10O7/c1-29(48-3)41(58)54-37(45(62)56-27-11-21-39(56)43(60)52-35-19-9-15-31-13-5-7-17-33(31)35)23-25-50-47(64)51-26-24-38(55-42(59)30(2)49-4)46(63)57-28-12-22-40(57)44(61)53-36-20-10-16-32-14-6-8-18-34(32)36/h5-8,13-14,17-18,29-30,35-40,48-49H,9-12,15-16,19-28H2,1-4H3,(H,52,60)(H,53,61)(H,54,58)(H,55,59)(H2,50,51,64)/t29-,30-,35+,36?,37-,38-,39-,40-/m0/s1. The van der Waals surface area contributed by atoms with Gasteiger partial charge in [0.1, 0.15) is 24.2 Å².